The highest BCUT2D eigenvalue weighted by molar-refractivity contribution is 4.89. The van der Waals surface area contributed by atoms with Crippen molar-refractivity contribution in [3.8, 4) is 0 Å². The summed E-state index contributed by atoms with van der Waals surface area (Å²) in [4.78, 5) is 0. The molecule has 3 heteroatoms. The highest BCUT2D eigenvalue weighted by atomic mass is 16.5. The van der Waals surface area contributed by atoms with E-state index in [0.717, 1.165) is 44.4 Å². The molecule has 2 fully saturated rings. The highest BCUT2D eigenvalue weighted by Crippen LogP contribution is 2.30. The van der Waals surface area contributed by atoms with Gasteiger partial charge in [0.25, 0.3) is 0 Å². The topological polar surface area (TPSA) is 30.5 Å². The Morgan fingerprint density at radius 3 is 2.56 bits per heavy atom. The van der Waals surface area contributed by atoms with E-state index in [4.69, 9.17) is 9.47 Å². The highest BCUT2D eigenvalue weighted by Gasteiger charge is 2.34. The Bertz CT molecular complexity index is 251. The minimum Gasteiger partial charge on any atom is -0.381 e. The van der Waals surface area contributed by atoms with Crippen LogP contribution in [0.4, 0.5) is 0 Å². The van der Waals surface area contributed by atoms with Gasteiger partial charge in [-0.25, -0.2) is 0 Å². The van der Waals surface area contributed by atoms with Crippen LogP contribution in [0.3, 0.4) is 0 Å². The molecule has 2 rings (SSSR count). The molecule has 106 valence electrons. The molecule has 3 unspecified atom stereocenters. The Balaban J connectivity index is 1.82. The number of rotatable bonds is 4. The predicted molar refractivity (Wildman–Crippen MR) is 73.8 cm³/mol. The van der Waals surface area contributed by atoms with Crippen molar-refractivity contribution in [1.82, 2.24) is 5.32 Å². The fourth-order valence-electron chi connectivity index (χ4n) is 3.48. The summed E-state index contributed by atoms with van der Waals surface area (Å²) >= 11 is 0. The van der Waals surface area contributed by atoms with E-state index in [-0.39, 0.29) is 5.60 Å². The molecule has 0 aromatic carbocycles. The maximum absolute atomic E-state index is 5.78. The number of hydrogen-bond donors (Lipinski definition) is 1. The van der Waals surface area contributed by atoms with E-state index in [1.54, 1.807) is 0 Å². The third kappa shape index (κ3) is 3.46. The second-order valence-electron chi connectivity index (χ2n) is 6.38. The van der Waals surface area contributed by atoms with Crippen LogP contribution in [-0.2, 0) is 9.47 Å². The van der Waals surface area contributed by atoms with Gasteiger partial charge in [-0.2, -0.15) is 0 Å². The van der Waals surface area contributed by atoms with Gasteiger partial charge in [0, 0.05) is 45.8 Å². The average molecular weight is 255 g/mol. The summed E-state index contributed by atoms with van der Waals surface area (Å²) in [5, 5.41) is 3.77. The molecule has 3 nitrogen and oxygen atoms in total. The van der Waals surface area contributed by atoms with Gasteiger partial charge in [0.2, 0.25) is 0 Å². The Hall–Kier alpha value is -0.120. The van der Waals surface area contributed by atoms with Crippen molar-refractivity contribution >= 4 is 0 Å². The molecule has 1 aliphatic heterocycles. The SMILES string of the molecule is COC1(CNC2CCC(C)CC2C)CCOCC1. The molecule has 1 heterocycles. The van der Waals surface area contributed by atoms with Gasteiger partial charge in [-0.05, 0) is 31.1 Å². The third-order valence-corrected chi connectivity index (χ3v) is 4.95. The second kappa shape index (κ2) is 6.36. The van der Waals surface area contributed by atoms with Crippen molar-refractivity contribution in [3.63, 3.8) is 0 Å². The minimum atomic E-state index is 0.0149. The van der Waals surface area contributed by atoms with Gasteiger partial charge in [-0.3, -0.25) is 0 Å². The van der Waals surface area contributed by atoms with Gasteiger partial charge in [-0.1, -0.05) is 13.8 Å². The smallest absolute Gasteiger partial charge is 0.0846 e. The van der Waals surface area contributed by atoms with Crippen LogP contribution in [0.1, 0.15) is 46.0 Å². The molecule has 0 aromatic heterocycles. The quantitative estimate of drug-likeness (QED) is 0.837. The van der Waals surface area contributed by atoms with Crippen molar-refractivity contribution < 1.29 is 9.47 Å². The van der Waals surface area contributed by atoms with Crippen LogP contribution in [0.2, 0.25) is 0 Å². The van der Waals surface area contributed by atoms with E-state index in [1.807, 2.05) is 7.11 Å². The molecule has 1 saturated carbocycles. The lowest BCUT2D eigenvalue weighted by Gasteiger charge is -2.40. The summed E-state index contributed by atoms with van der Waals surface area (Å²) in [6.45, 7) is 7.43. The molecule has 1 aliphatic carbocycles. The Morgan fingerprint density at radius 2 is 1.94 bits per heavy atom. The van der Waals surface area contributed by atoms with E-state index < -0.39 is 0 Å². The van der Waals surface area contributed by atoms with Gasteiger partial charge in [0.15, 0.2) is 0 Å². The average Bonchev–Trinajstić information content (AvgIpc) is 2.39. The number of methoxy groups -OCH3 is 1. The molecule has 0 aromatic rings. The molecule has 0 radical (unpaired) electrons. The van der Waals surface area contributed by atoms with Crippen molar-refractivity contribution in [2.75, 3.05) is 26.9 Å². The summed E-state index contributed by atoms with van der Waals surface area (Å²) in [6, 6.07) is 0.677. The first-order valence-corrected chi connectivity index (χ1v) is 7.51. The van der Waals surface area contributed by atoms with Crippen molar-refractivity contribution in [1.29, 1.82) is 0 Å². The van der Waals surface area contributed by atoms with Gasteiger partial charge in [-0.15, -0.1) is 0 Å². The van der Waals surface area contributed by atoms with E-state index in [0.29, 0.717) is 6.04 Å². The molecular formula is C15H29NO2. The van der Waals surface area contributed by atoms with Crippen LogP contribution in [0, 0.1) is 11.8 Å². The normalized spacial score (nSPS) is 36.5. The Kier molecular flexibility index (Phi) is 5.05. The molecule has 18 heavy (non-hydrogen) atoms. The summed E-state index contributed by atoms with van der Waals surface area (Å²) in [7, 11) is 1.85. The van der Waals surface area contributed by atoms with Crippen molar-refractivity contribution in [2.45, 2.75) is 57.6 Å². The molecule has 0 spiro atoms. The van der Waals surface area contributed by atoms with Crippen molar-refractivity contribution in [3.05, 3.63) is 0 Å². The maximum atomic E-state index is 5.78. The number of hydrogen-bond acceptors (Lipinski definition) is 3. The monoisotopic (exact) mass is 255 g/mol. The van der Waals surface area contributed by atoms with E-state index >= 15 is 0 Å². The van der Waals surface area contributed by atoms with E-state index in [9.17, 15) is 0 Å². The van der Waals surface area contributed by atoms with Gasteiger partial charge < -0.3 is 14.8 Å². The lowest BCUT2D eigenvalue weighted by molar-refractivity contribution is -0.0897. The maximum Gasteiger partial charge on any atom is 0.0846 e. The van der Waals surface area contributed by atoms with E-state index in [2.05, 4.69) is 19.2 Å². The number of ether oxygens (including phenoxy) is 2. The lowest BCUT2D eigenvalue weighted by atomic mass is 9.79. The first-order valence-electron chi connectivity index (χ1n) is 7.51. The standard InChI is InChI=1S/C15H29NO2/c1-12-4-5-14(13(2)10-12)16-11-15(17-3)6-8-18-9-7-15/h12-14,16H,4-11H2,1-3H3. The van der Waals surface area contributed by atoms with Gasteiger partial charge in [0.05, 0.1) is 5.60 Å². The molecule has 2 aliphatic rings. The van der Waals surface area contributed by atoms with Crippen LogP contribution >= 0.6 is 0 Å². The van der Waals surface area contributed by atoms with Crippen LogP contribution < -0.4 is 5.32 Å². The Morgan fingerprint density at radius 1 is 1.22 bits per heavy atom. The van der Waals surface area contributed by atoms with Crippen molar-refractivity contribution in [2.24, 2.45) is 11.8 Å². The zero-order valence-corrected chi connectivity index (χ0v) is 12.2. The first-order chi connectivity index (χ1) is 8.65. The van der Waals surface area contributed by atoms with E-state index in [1.165, 1.54) is 19.3 Å². The summed E-state index contributed by atoms with van der Waals surface area (Å²) in [5.74, 6) is 1.69. The molecule has 1 N–H and O–H groups in total. The van der Waals surface area contributed by atoms with Gasteiger partial charge in [0.1, 0.15) is 0 Å². The van der Waals surface area contributed by atoms with Crippen LogP contribution in [0.5, 0.6) is 0 Å². The largest absolute Gasteiger partial charge is 0.381 e. The fraction of sp³-hybridized carbons (Fsp3) is 1.00. The third-order valence-electron chi connectivity index (χ3n) is 4.95. The minimum absolute atomic E-state index is 0.0149. The summed E-state index contributed by atoms with van der Waals surface area (Å²) < 4.78 is 11.2. The second-order valence-corrected chi connectivity index (χ2v) is 6.38. The first kappa shape index (κ1) is 14.3. The molecule has 1 saturated heterocycles. The molecular weight excluding hydrogens is 226 g/mol. The predicted octanol–water partition coefficient (Wildman–Crippen LogP) is 2.60. The van der Waals surface area contributed by atoms with Crippen LogP contribution in [-0.4, -0.2) is 38.5 Å². The molecule has 0 amide bonds. The zero-order valence-electron chi connectivity index (χ0n) is 12.2. The fourth-order valence-corrected chi connectivity index (χ4v) is 3.48. The van der Waals surface area contributed by atoms with Crippen LogP contribution in [0.25, 0.3) is 0 Å². The Labute approximate surface area is 112 Å². The number of nitrogens with one attached hydrogen (secondary N) is 1. The molecule has 3 atom stereocenters. The summed E-state index contributed by atoms with van der Waals surface area (Å²) in [6.07, 6.45) is 6.09. The zero-order chi connectivity index (χ0) is 13.0. The van der Waals surface area contributed by atoms with Crippen LogP contribution in [0.15, 0.2) is 0 Å². The summed E-state index contributed by atoms with van der Waals surface area (Å²) in [5.41, 5.74) is 0.0149. The van der Waals surface area contributed by atoms with Gasteiger partial charge >= 0.3 is 0 Å². The lowest BCUT2D eigenvalue weighted by Crippen LogP contribution is -2.51. The molecule has 0 bridgehead atoms.